The largest absolute Gasteiger partial charge is 0.355 e. The maximum absolute atomic E-state index is 13.1. The Kier molecular flexibility index (Phi) is 12.5. The second-order valence-electron chi connectivity index (χ2n) is 13.5. The van der Waals surface area contributed by atoms with Crippen molar-refractivity contribution in [3.63, 3.8) is 0 Å². The van der Waals surface area contributed by atoms with Crippen molar-refractivity contribution in [1.82, 2.24) is 20.7 Å². The molecule has 0 aliphatic carbocycles. The Morgan fingerprint density at radius 2 is 1.00 bits per heavy atom. The molecule has 2 saturated heterocycles. The Morgan fingerprint density at radius 1 is 0.636 bits per heavy atom. The molecule has 236 valence electrons. The van der Waals surface area contributed by atoms with Crippen molar-refractivity contribution in [3.8, 4) is 0 Å². The van der Waals surface area contributed by atoms with Crippen LogP contribution in [0.15, 0.2) is 83.0 Å². The highest BCUT2D eigenvalue weighted by molar-refractivity contribution is 6.03. The van der Waals surface area contributed by atoms with E-state index in [0.717, 1.165) is 61.8 Å². The van der Waals surface area contributed by atoms with E-state index in [2.05, 4.69) is 95.0 Å². The van der Waals surface area contributed by atoms with Crippen LogP contribution in [0.2, 0.25) is 0 Å². The Morgan fingerprint density at radius 3 is 1.36 bits per heavy atom. The summed E-state index contributed by atoms with van der Waals surface area (Å²) in [5.74, 6) is 0. The monoisotopic (exact) mass is 596 g/mol. The standard InChI is InChI=1S/C37H52N6O/c1-36(2,29-42-25-13-7-14-26-42)33(23-21-31-17-9-5-10-18-31)38-40-35(44)41-39-34(24-22-32-19-11-6-12-20-32)37(3,4)30-43-27-15-8-16-28-43/h5-6,9-12,17-24H,7-8,13-16,25-30H2,1-4H3,(H2,40,41,44)/b23-21?,24-22?,38-33-,39-34-. The number of piperidine rings is 2. The van der Waals surface area contributed by atoms with Gasteiger partial charge in [0.25, 0.3) is 0 Å². The predicted molar refractivity (Wildman–Crippen MR) is 186 cm³/mol. The van der Waals surface area contributed by atoms with Crippen LogP contribution >= 0.6 is 0 Å². The second kappa shape index (κ2) is 16.5. The average Bonchev–Trinajstić information content (AvgIpc) is 3.02. The fourth-order valence-corrected chi connectivity index (χ4v) is 6.07. The molecule has 2 fully saturated rings. The molecular weight excluding hydrogens is 544 g/mol. The van der Waals surface area contributed by atoms with Gasteiger partial charge in [-0.3, -0.25) is 0 Å². The smallest absolute Gasteiger partial charge is 0.302 e. The van der Waals surface area contributed by atoms with Crippen LogP contribution in [0.25, 0.3) is 12.2 Å². The maximum atomic E-state index is 13.1. The van der Waals surface area contributed by atoms with Gasteiger partial charge >= 0.3 is 6.03 Å². The molecule has 2 aromatic carbocycles. The number of hydrazone groups is 2. The Balaban J connectivity index is 1.51. The van der Waals surface area contributed by atoms with Crippen molar-refractivity contribution in [2.45, 2.75) is 66.2 Å². The van der Waals surface area contributed by atoms with Crippen LogP contribution in [0.5, 0.6) is 0 Å². The average molecular weight is 597 g/mol. The molecule has 7 nitrogen and oxygen atoms in total. The van der Waals surface area contributed by atoms with E-state index in [-0.39, 0.29) is 10.8 Å². The SMILES string of the molecule is CC(C)(CN1CCCCC1)/C(C=Cc1ccccc1)=N\NC(=O)N/N=C(/C=Cc1ccccc1)C(C)(C)CN1CCCCC1. The van der Waals surface area contributed by atoms with Gasteiger partial charge in [0.15, 0.2) is 0 Å². The summed E-state index contributed by atoms with van der Waals surface area (Å²) in [7, 11) is 0. The number of hydrogen-bond acceptors (Lipinski definition) is 5. The number of carbonyl (C=O) groups is 1. The van der Waals surface area contributed by atoms with Crippen LogP contribution in [-0.2, 0) is 0 Å². The number of carbonyl (C=O) groups excluding carboxylic acids is 1. The molecule has 7 heteroatoms. The van der Waals surface area contributed by atoms with E-state index in [1.165, 1.54) is 38.5 Å². The van der Waals surface area contributed by atoms with Crippen LogP contribution in [0.1, 0.15) is 77.3 Å². The summed E-state index contributed by atoms with van der Waals surface area (Å²) < 4.78 is 0. The first-order valence-electron chi connectivity index (χ1n) is 16.3. The second-order valence-corrected chi connectivity index (χ2v) is 13.5. The summed E-state index contributed by atoms with van der Waals surface area (Å²) in [5.41, 5.74) is 8.80. The lowest BCUT2D eigenvalue weighted by molar-refractivity contribution is 0.186. The van der Waals surface area contributed by atoms with Crippen LogP contribution in [0.4, 0.5) is 4.79 Å². The molecular formula is C37H52N6O. The van der Waals surface area contributed by atoms with Crippen molar-refractivity contribution in [2.24, 2.45) is 21.0 Å². The van der Waals surface area contributed by atoms with E-state index in [1.54, 1.807) is 0 Å². The van der Waals surface area contributed by atoms with Gasteiger partial charge in [0.2, 0.25) is 0 Å². The van der Waals surface area contributed by atoms with Crippen LogP contribution in [0, 0.1) is 10.8 Å². The molecule has 2 aliphatic heterocycles. The summed E-state index contributed by atoms with van der Waals surface area (Å²) in [6, 6.07) is 19.9. The third-order valence-electron chi connectivity index (χ3n) is 8.54. The number of benzene rings is 2. The highest BCUT2D eigenvalue weighted by Crippen LogP contribution is 2.25. The lowest BCUT2D eigenvalue weighted by atomic mass is 9.85. The molecule has 0 unspecified atom stereocenters. The van der Waals surface area contributed by atoms with Gasteiger partial charge < -0.3 is 9.80 Å². The van der Waals surface area contributed by atoms with Gasteiger partial charge in [0, 0.05) is 23.9 Å². The number of likely N-dealkylation sites (tertiary alicyclic amines) is 2. The van der Waals surface area contributed by atoms with Crippen molar-refractivity contribution >= 4 is 29.6 Å². The number of amides is 2. The van der Waals surface area contributed by atoms with E-state index < -0.39 is 6.03 Å². The Labute approximate surface area is 265 Å². The van der Waals surface area contributed by atoms with Crippen molar-refractivity contribution in [3.05, 3.63) is 83.9 Å². The van der Waals surface area contributed by atoms with Gasteiger partial charge in [0.05, 0.1) is 11.4 Å². The topological polar surface area (TPSA) is 72.3 Å². The Hall–Kier alpha value is -3.55. The van der Waals surface area contributed by atoms with Gasteiger partial charge in [-0.2, -0.15) is 10.2 Å². The summed E-state index contributed by atoms with van der Waals surface area (Å²) in [4.78, 5) is 18.1. The lowest BCUT2D eigenvalue weighted by Gasteiger charge is -2.35. The first-order valence-corrected chi connectivity index (χ1v) is 16.3. The highest BCUT2D eigenvalue weighted by Gasteiger charge is 2.29. The van der Waals surface area contributed by atoms with Gasteiger partial charge in [-0.1, -0.05) is 113 Å². The van der Waals surface area contributed by atoms with Crippen LogP contribution in [-0.4, -0.2) is 66.5 Å². The summed E-state index contributed by atoms with van der Waals surface area (Å²) in [6.07, 6.45) is 15.7. The molecule has 4 rings (SSSR count). The number of nitrogens with zero attached hydrogens (tertiary/aromatic N) is 4. The number of rotatable bonds is 12. The molecule has 0 aromatic heterocycles. The minimum atomic E-state index is -0.455. The molecule has 2 amide bonds. The van der Waals surface area contributed by atoms with E-state index in [1.807, 2.05) is 48.6 Å². The molecule has 0 spiro atoms. The molecule has 2 heterocycles. The van der Waals surface area contributed by atoms with Crippen LogP contribution < -0.4 is 10.9 Å². The third-order valence-corrected chi connectivity index (χ3v) is 8.54. The summed E-state index contributed by atoms with van der Waals surface area (Å²) >= 11 is 0. The summed E-state index contributed by atoms with van der Waals surface area (Å²) in [6.45, 7) is 15.0. The summed E-state index contributed by atoms with van der Waals surface area (Å²) in [5, 5.41) is 9.30. The zero-order valence-corrected chi connectivity index (χ0v) is 27.3. The fraction of sp³-hybridized carbons (Fsp3) is 0.486. The normalized spacial score (nSPS) is 18.2. The van der Waals surface area contributed by atoms with Crippen molar-refractivity contribution in [2.75, 3.05) is 39.3 Å². The maximum Gasteiger partial charge on any atom is 0.355 e. The van der Waals surface area contributed by atoms with Gasteiger partial charge in [0.1, 0.15) is 0 Å². The van der Waals surface area contributed by atoms with E-state index in [4.69, 9.17) is 0 Å². The zero-order chi connectivity index (χ0) is 31.3. The molecule has 0 bridgehead atoms. The van der Waals surface area contributed by atoms with Crippen molar-refractivity contribution in [1.29, 1.82) is 0 Å². The number of allylic oxidation sites excluding steroid dienone is 2. The van der Waals surface area contributed by atoms with Gasteiger partial charge in [-0.25, -0.2) is 15.6 Å². The highest BCUT2D eigenvalue weighted by atomic mass is 16.2. The first kappa shape index (κ1) is 33.3. The molecule has 2 aliphatic rings. The number of nitrogens with one attached hydrogen (secondary N) is 2. The van der Waals surface area contributed by atoms with E-state index in [9.17, 15) is 4.79 Å². The predicted octanol–water partition coefficient (Wildman–Crippen LogP) is 7.45. The fourth-order valence-electron chi connectivity index (χ4n) is 6.07. The van der Waals surface area contributed by atoms with E-state index >= 15 is 0 Å². The molecule has 2 aromatic rings. The molecule has 2 N–H and O–H groups in total. The number of hydrogen-bond donors (Lipinski definition) is 2. The van der Waals surface area contributed by atoms with Gasteiger partial charge in [-0.15, -0.1) is 0 Å². The lowest BCUT2D eigenvalue weighted by Crippen LogP contribution is -2.43. The van der Waals surface area contributed by atoms with Gasteiger partial charge in [-0.05, 0) is 75.1 Å². The van der Waals surface area contributed by atoms with Crippen molar-refractivity contribution < 1.29 is 4.79 Å². The molecule has 44 heavy (non-hydrogen) atoms. The first-order chi connectivity index (χ1) is 21.2. The zero-order valence-electron chi connectivity index (χ0n) is 27.3. The van der Waals surface area contributed by atoms with E-state index in [0.29, 0.717) is 0 Å². The third kappa shape index (κ3) is 10.9. The quantitative estimate of drug-likeness (QED) is 0.198. The molecule has 0 saturated carbocycles. The Bertz CT molecular complexity index is 1180. The minimum Gasteiger partial charge on any atom is -0.302 e. The molecule has 0 radical (unpaired) electrons. The minimum absolute atomic E-state index is 0.265. The molecule has 0 atom stereocenters. The van der Waals surface area contributed by atoms with Crippen LogP contribution in [0.3, 0.4) is 0 Å². The number of urea groups is 1.